The van der Waals surface area contributed by atoms with E-state index in [2.05, 4.69) is 40.5 Å². The fraction of sp³-hybridized carbons (Fsp3) is 0.917. The van der Waals surface area contributed by atoms with E-state index in [0.717, 1.165) is 6.54 Å². The van der Waals surface area contributed by atoms with E-state index >= 15 is 0 Å². The Balaban J connectivity index is 0. The summed E-state index contributed by atoms with van der Waals surface area (Å²) in [4.78, 5) is 4.51. The first-order valence-corrected chi connectivity index (χ1v) is 9.68. The second-order valence-corrected chi connectivity index (χ2v) is 8.49. The normalized spacial score (nSPS) is 12.7. The van der Waals surface area contributed by atoms with Gasteiger partial charge in [0.25, 0.3) is 0 Å². The molecule has 0 rings (SSSR count). The summed E-state index contributed by atoms with van der Waals surface area (Å²) in [6, 6.07) is 0. The van der Waals surface area contributed by atoms with E-state index in [-0.39, 0.29) is 34.5 Å². The second-order valence-electron chi connectivity index (χ2n) is 4.88. The Kier molecular flexibility index (Phi) is 13.2. The van der Waals surface area contributed by atoms with Crippen molar-refractivity contribution in [2.75, 3.05) is 38.2 Å². The van der Waals surface area contributed by atoms with Crippen LogP contribution in [0.15, 0.2) is 4.99 Å². The predicted octanol–water partition coefficient (Wildman–Crippen LogP) is 1.24. The molecule has 0 saturated carbocycles. The maximum absolute atomic E-state index is 11.3. The van der Waals surface area contributed by atoms with Crippen molar-refractivity contribution < 1.29 is 8.42 Å². The molecule has 0 radical (unpaired) electrons. The van der Waals surface area contributed by atoms with E-state index < -0.39 is 10.0 Å². The molecule has 0 spiro atoms. The van der Waals surface area contributed by atoms with Gasteiger partial charge < -0.3 is 10.6 Å². The summed E-state index contributed by atoms with van der Waals surface area (Å²) in [5, 5.41) is 6.26. The van der Waals surface area contributed by atoms with E-state index in [1.165, 1.54) is 0 Å². The van der Waals surface area contributed by atoms with Crippen LogP contribution in [0, 0.1) is 0 Å². The minimum absolute atomic E-state index is 0. The highest BCUT2D eigenvalue weighted by molar-refractivity contribution is 14.0. The van der Waals surface area contributed by atoms with Gasteiger partial charge in [0, 0.05) is 24.4 Å². The first-order chi connectivity index (χ1) is 9.26. The minimum Gasteiger partial charge on any atom is -0.357 e. The maximum atomic E-state index is 11.3. The summed E-state index contributed by atoms with van der Waals surface area (Å²) in [7, 11) is -3.12. The Labute approximate surface area is 150 Å². The van der Waals surface area contributed by atoms with E-state index in [0.29, 0.717) is 25.6 Å². The lowest BCUT2D eigenvalue weighted by Gasteiger charge is -2.20. The summed E-state index contributed by atoms with van der Waals surface area (Å²) in [6.45, 7) is 10.2. The quantitative estimate of drug-likeness (QED) is 0.212. The van der Waals surface area contributed by atoms with Crippen molar-refractivity contribution in [3.63, 3.8) is 0 Å². The smallest absolute Gasteiger partial charge is 0.211 e. The molecule has 9 heteroatoms. The Morgan fingerprint density at radius 2 is 1.81 bits per heavy atom. The van der Waals surface area contributed by atoms with Crippen LogP contribution in [-0.4, -0.2) is 57.3 Å². The standard InChI is InChI=1S/C12H28N4O2S2.HI/c1-6-13-11(15-10-12(3,4)19-5)14-8-9-16-20(17,18)7-2;/h16H,6-10H2,1-5H3,(H2,13,14,15);1H. The molecule has 0 atom stereocenters. The molecule has 6 nitrogen and oxygen atoms in total. The molecule has 0 aliphatic rings. The van der Waals surface area contributed by atoms with Gasteiger partial charge in [0.1, 0.15) is 0 Å². The molecule has 0 unspecified atom stereocenters. The van der Waals surface area contributed by atoms with Crippen LogP contribution in [0.3, 0.4) is 0 Å². The van der Waals surface area contributed by atoms with E-state index in [1.54, 1.807) is 18.7 Å². The molecule has 0 aliphatic carbocycles. The summed E-state index contributed by atoms with van der Waals surface area (Å²) >= 11 is 1.77. The van der Waals surface area contributed by atoms with Crippen LogP contribution >= 0.6 is 35.7 Å². The van der Waals surface area contributed by atoms with E-state index in [9.17, 15) is 8.42 Å². The number of hydrogen-bond donors (Lipinski definition) is 3. The largest absolute Gasteiger partial charge is 0.357 e. The van der Waals surface area contributed by atoms with Crippen LogP contribution in [0.2, 0.25) is 0 Å². The number of aliphatic imine (C=N–C) groups is 1. The number of rotatable bonds is 9. The van der Waals surface area contributed by atoms with Crippen LogP contribution in [0.4, 0.5) is 0 Å². The molecule has 0 aliphatic heterocycles. The van der Waals surface area contributed by atoms with Crippen molar-refractivity contribution in [1.82, 2.24) is 15.4 Å². The Morgan fingerprint density at radius 1 is 1.19 bits per heavy atom. The summed E-state index contributed by atoms with van der Waals surface area (Å²) in [5.41, 5.74) is 0. The molecular formula is C12H29IN4O2S2. The zero-order chi connectivity index (χ0) is 15.6. The van der Waals surface area contributed by atoms with Crippen molar-refractivity contribution in [2.45, 2.75) is 32.4 Å². The molecule has 0 aromatic rings. The maximum Gasteiger partial charge on any atom is 0.211 e. The third-order valence-corrected chi connectivity index (χ3v) is 5.27. The van der Waals surface area contributed by atoms with Gasteiger partial charge in [0.2, 0.25) is 10.0 Å². The van der Waals surface area contributed by atoms with Crippen molar-refractivity contribution >= 4 is 51.7 Å². The third-order valence-electron chi connectivity index (χ3n) is 2.63. The zero-order valence-electron chi connectivity index (χ0n) is 13.5. The fourth-order valence-electron chi connectivity index (χ4n) is 1.17. The van der Waals surface area contributed by atoms with Gasteiger partial charge >= 0.3 is 0 Å². The molecule has 0 amide bonds. The number of nitrogens with one attached hydrogen (secondary N) is 3. The van der Waals surface area contributed by atoms with Crippen LogP contribution < -0.4 is 15.4 Å². The van der Waals surface area contributed by atoms with Crippen LogP contribution in [-0.2, 0) is 10.0 Å². The Morgan fingerprint density at radius 3 is 2.29 bits per heavy atom. The summed E-state index contributed by atoms with van der Waals surface area (Å²) in [6.07, 6.45) is 2.06. The molecule has 0 heterocycles. The number of hydrogen-bond acceptors (Lipinski definition) is 4. The molecule has 21 heavy (non-hydrogen) atoms. The monoisotopic (exact) mass is 452 g/mol. The highest BCUT2D eigenvalue weighted by Gasteiger charge is 2.15. The summed E-state index contributed by atoms with van der Waals surface area (Å²) in [5.74, 6) is 0.814. The Hall–Kier alpha value is 0.260. The molecule has 0 aromatic carbocycles. The number of halogens is 1. The molecule has 3 N–H and O–H groups in total. The lowest BCUT2D eigenvalue weighted by Crippen LogP contribution is -2.42. The molecule has 128 valence electrons. The van der Waals surface area contributed by atoms with Gasteiger partial charge in [-0.2, -0.15) is 11.8 Å². The van der Waals surface area contributed by atoms with Crippen molar-refractivity contribution in [1.29, 1.82) is 0 Å². The molecule has 0 saturated heterocycles. The van der Waals surface area contributed by atoms with Gasteiger partial charge in [-0.1, -0.05) is 0 Å². The molecule has 0 aromatic heterocycles. The highest BCUT2D eigenvalue weighted by Crippen LogP contribution is 2.20. The van der Waals surface area contributed by atoms with Gasteiger partial charge in [-0.25, -0.2) is 13.1 Å². The lowest BCUT2D eigenvalue weighted by molar-refractivity contribution is 0.581. The van der Waals surface area contributed by atoms with E-state index in [1.807, 2.05) is 6.92 Å². The van der Waals surface area contributed by atoms with Gasteiger partial charge in [-0.3, -0.25) is 4.99 Å². The fourth-order valence-corrected chi connectivity index (χ4v) is 1.98. The minimum atomic E-state index is -3.12. The topological polar surface area (TPSA) is 82.6 Å². The highest BCUT2D eigenvalue weighted by atomic mass is 127. The lowest BCUT2D eigenvalue weighted by atomic mass is 10.2. The predicted molar refractivity (Wildman–Crippen MR) is 104 cm³/mol. The third kappa shape index (κ3) is 12.5. The molecule has 0 fully saturated rings. The van der Waals surface area contributed by atoms with Gasteiger partial charge in [-0.15, -0.1) is 24.0 Å². The number of thioether (sulfide) groups is 1. The first kappa shape index (κ1) is 23.5. The van der Waals surface area contributed by atoms with Crippen molar-refractivity contribution in [3.8, 4) is 0 Å². The molecular weight excluding hydrogens is 423 g/mol. The SMILES string of the molecule is CCNC(=NCC(C)(C)SC)NCCNS(=O)(=O)CC.I. The summed E-state index contributed by atoms with van der Waals surface area (Å²) < 4.78 is 25.2. The van der Waals surface area contributed by atoms with Gasteiger partial charge in [0.05, 0.1) is 12.3 Å². The molecule has 0 bridgehead atoms. The average molecular weight is 452 g/mol. The second kappa shape index (κ2) is 11.8. The van der Waals surface area contributed by atoms with Crippen molar-refractivity contribution in [3.05, 3.63) is 0 Å². The van der Waals surface area contributed by atoms with Gasteiger partial charge in [-0.05, 0) is 34.0 Å². The van der Waals surface area contributed by atoms with Crippen LogP contribution in [0.1, 0.15) is 27.7 Å². The van der Waals surface area contributed by atoms with Gasteiger partial charge in [0.15, 0.2) is 5.96 Å². The number of guanidine groups is 1. The van der Waals surface area contributed by atoms with Crippen LogP contribution in [0.5, 0.6) is 0 Å². The number of nitrogens with zero attached hydrogens (tertiary/aromatic N) is 1. The first-order valence-electron chi connectivity index (χ1n) is 6.81. The van der Waals surface area contributed by atoms with E-state index in [4.69, 9.17) is 0 Å². The zero-order valence-corrected chi connectivity index (χ0v) is 17.5. The Bertz CT molecular complexity index is 400. The average Bonchev–Trinajstić information content (AvgIpc) is 2.41. The number of sulfonamides is 1. The van der Waals surface area contributed by atoms with Crippen molar-refractivity contribution in [2.24, 2.45) is 4.99 Å². The van der Waals surface area contributed by atoms with Crippen LogP contribution in [0.25, 0.3) is 0 Å².